The van der Waals surface area contributed by atoms with E-state index in [1.54, 1.807) is 19.5 Å². The summed E-state index contributed by atoms with van der Waals surface area (Å²) < 4.78 is 5.35. The number of thiophene rings is 1. The van der Waals surface area contributed by atoms with Crippen LogP contribution < -0.4 is 10.1 Å². The summed E-state index contributed by atoms with van der Waals surface area (Å²) in [6.45, 7) is 1.04. The number of nitrogens with zero attached hydrogens (tertiary/aromatic N) is 3. The molecule has 3 heterocycles. The summed E-state index contributed by atoms with van der Waals surface area (Å²) >= 11 is 1.40. The van der Waals surface area contributed by atoms with Crippen LogP contribution in [0, 0.1) is 11.3 Å². The SMILES string of the molecule is COc1ccccc1CCC(=O)Nc1sc2c(c1C#N)CCN(C(=O)CCc1cccnc1)C2.O=C(O)[C@H](O)[C@@H](O)C(=O)O. The van der Waals surface area contributed by atoms with Gasteiger partial charge in [-0.15, -0.1) is 11.3 Å². The topological polar surface area (TPSA) is 210 Å². The van der Waals surface area contributed by atoms with Gasteiger partial charge in [-0.3, -0.25) is 14.6 Å². The summed E-state index contributed by atoms with van der Waals surface area (Å²) in [5.41, 5.74) is 3.47. The Morgan fingerprint density at radius 2 is 1.77 bits per heavy atom. The van der Waals surface area contributed by atoms with E-state index in [1.807, 2.05) is 41.3 Å². The molecule has 14 heteroatoms. The smallest absolute Gasteiger partial charge is 0.335 e. The maximum Gasteiger partial charge on any atom is 0.335 e. The Labute approximate surface area is 257 Å². The van der Waals surface area contributed by atoms with E-state index in [0.717, 1.165) is 27.3 Å². The molecule has 3 aromatic rings. The van der Waals surface area contributed by atoms with Crippen LogP contribution in [0.2, 0.25) is 0 Å². The molecule has 0 aliphatic carbocycles. The van der Waals surface area contributed by atoms with Crippen molar-refractivity contribution in [1.82, 2.24) is 9.88 Å². The van der Waals surface area contributed by atoms with E-state index in [1.165, 1.54) is 11.3 Å². The second kappa shape index (κ2) is 16.1. The average Bonchev–Trinajstić information content (AvgIpc) is 3.38. The number of aryl methyl sites for hydroxylation is 2. The van der Waals surface area contributed by atoms with Gasteiger partial charge in [0, 0.05) is 36.7 Å². The lowest BCUT2D eigenvalue weighted by Gasteiger charge is -2.27. The first-order valence-corrected chi connectivity index (χ1v) is 14.3. The molecule has 1 aromatic carbocycles. The van der Waals surface area contributed by atoms with Crippen LogP contribution in [0.25, 0.3) is 0 Å². The van der Waals surface area contributed by atoms with E-state index in [0.29, 0.717) is 49.3 Å². The fourth-order valence-corrected chi connectivity index (χ4v) is 5.62. The molecule has 5 N–H and O–H groups in total. The number of nitrogens with one attached hydrogen (secondary N) is 1. The molecule has 0 spiro atoms. The number of pyridine rings is 1. The Kier molecular flexibility index (Phi) is 12.3. The van der Waals surface area contributed by atoms with Gasteiger partial charge in [0.1, 0.15) is 16.8 Å². The van der Waals surface area contributed by atoms with Crippen molar-refractivity contribution in [3.8, 4) is 11.8 Å². The zero-order valence-corrected chi connectivity index (χ0v) is 24.6. The molecule has 0 unspecified atom stereocenters. The predicted molar refractivity (Wildman–Crippen MR) is 158 cm³/mol. The Morgan fingerprint density at radius 3 is 2.39 bits per heavy atom. The minimum atomic E-state index is -2.27. The minimum absolute atomic E-state index is 0.0869. The lowest BCUT2D eigenvalue weighted by molar-refractivity contribution is -0.165. The molecule has 13 nitrogen and oxygen atoms in total. The third-order valence-corrected chi connectivity index (χ3v) is 7.88. The Bertz CT molecular complexity index is 1500. The quantitative estimate of drug-likeness (QED) is 0.208. The third kappa shape index (κ3) is 9.08. The number of carbonyl (C=O) groups is 4. The normalized spacial score (nSPS) is 13.3. The summed E-state index contributed by atoms with van der Waals surface area (Å²) in [6.07, 6.45) is 1.48. The maximum absolute atomic E-state index is 12.8. The zero-order valence-electron chi connectivity index (χ0n) is 23.8. The Hall–Kier alpha value is -4.84. The first-order valence-electron chi connectivity index (χ1n) is 13.5. The van der Waals surface area contributed by atoms with Crippen molar-refractivity contribution in [1.29, 1.82) is 5.26 Å². The Balaban J connectivity index is 0.000000456. The standard InChI is InChI=1S/C26H26N4O3S.C4H6O6/c1-33-22-7-3-2-6-19(22)9-10-24(31)29-26-21(15-27)20-12-14-30(17-23(20)34-26)25(32)11-8-18-5-4-13-28-16-18;5-1(3(7)8)2(6)4(9)10/h2-7,13,16H,8-12,14,17H2,1H3,(H,29,31);1-2,5-6H,(H,7,8)(H,9,10)/t;1-,2-/m.1/s1. The summed E-state index contributed by atoms with van der Waals surface area (Å²) in [5, 5.41) is 45.8. The highest BCUT2D eigenvalue weighted by molar-refractivity contribution is 7.16. The molecule has 0 bridgehead atoms. The molecule has 2 atom stereocenters. The highest BCUT2D eigenvalue weighted by Crippen LogP contribution is 2.37. The summed E-state index contributed by atoms with van der Waals surface area (Å²) in [6, 6.07) is 13.7. The number of amides is 2. The van der Waals surface area contributed by atoms with E-state index in [4.69, 9.17) is 25.2 Å². The summed E-state index contributed by atoms with van der Waals surface area (Å²) in [4.78, 5) is 51.8. The van der Waals surface area contributed by atoms with Gasteiger partial charge in [0.15, 0.2) is 12.2 Å². The number of hydrogen-bond donors (Lipinski definition) is 5. The number of para-hydroxylation sites is 1. The monoisotopic (exact) mass is 624 g/mol. The largest absolute Gasteiger partial charge is 0.496 e. The van der Waals surface area contributed by atoms with E-state index in [-0.39, 0.29) is 18.2 Å². The lowest BCUT2D eigenvalue weighted by atomic mass is 10.0. The molecule has 0 saturated carbocycles. The molecule has 1 aliphatic heterocycles. The number of carboxylic acids is 2. The number of carboxylic acid groups (broad SMARTS) is 2. The molecule has 44 heavy (non-hydrogen) atoms. The number of ether oxygens (including phenoxy) is 1. The zero-order chi connectivity index (χ0) is 32.2. The van der Waals surface area contributed by atoms with Gasteiger partial charge in [0.05, 0.1) is 19.2 Å². The Morgan fingerprint density at radius 1 is 1.07 bits per heavy atom. The molecular weight excluding hydrogens is 592 g/mol. The van der Waals surface area contributed by atoms with Crippen LogP contribution in [0.4, 0.5) is 5.00 Å². The average molecular weight is 625 g/mol. The van der Waals surface area contributed by atoms with Gasteiger partial charge >= 0.3 is 11.9 Å². The van der Waals surface area contributed by atoms with Gasteiger partial charge < -0.3 is 35.4 Å². The van der Waals surface area contributed by atoms with Crippen molar-refractivity contribution in [2.45, 2.75) is 50.9 Å². The first kappa shape index (κ1) is 33.7. The molecule has 0 saturated heterocycles. The van der Waals surface area contributed by atoms with Gasteiger partial charge in [-0.1, -0.05) is 24.3 Å². The maximum atomic E-state index is 12.8. The van der Waals surface area contributed by atoms with Crippen molar-refractivity contribution in [2.75, 3.05) is 19.0 Å². The fraction of sp³-hybridized carbons (Fsp3) is 0.333. The van der Waals surface area contributed by atoms with Crippen molar-refractivity contribution in [3.63, 3.8) is 0 Å². The van der Waals surface area contributed by atoms with E-state index in [2.05, 4.69) is 16.4 Å². The second-order valence-corrected chi connectivity index (χ2v) is 10.8. The number of hydrogen-bond acceptors (Lipinski definition) is 10. The number of aliphatic hydroxyl groups excluding tert-OH is 2. The second-order valence-electron chi connectivity index (χ2n) is 9.67. The lowest BCUT2D eigenvalue weighted by Crippen LogP contribution is -2.39. The number of aliphatic carboxylic acids is 2. The van der Waals surface area contributed by atoms with Crippen LogP contribution in [0.5, 0.6) is 5.75 Å². The van der Waals surface area contributed by atoms with Crippen LogP contribution in [0.15, 0.2) is 48.8 Å². The van der Waals surface area contributed by atoms with Crippen molar-refractivity contribution >= 4 is 40.1 Å². The molecule has 2 amide bonds. The molecule has 0 fully saturated rings. The number of anilines is 1. The molecular formula is C30H32N4O9S. The number of rotatable bonds is 11. The number of nitriles is 1. The van der Waals surface area contributed by atoms with Gasteiger partial charge in [-0.2, -0.15) is 5.26 Å². The van der Waals surface area contributed by atoms with Crippen LogP contribution in [-0.2, 0) is 45.0 Å². The van der Waals surface area contributed by atoms with Crippen LogP contribution in [-0.4, -0.2) is 79.9 Å². The minimum Gasteiger partial charge on any atom is -0.496 e. The van der Waals surface area contributed by atoms with Crippen molar-refractivity contribution in [3.05, 3.63) is 75.9 Å². The van der Waals surface area contributed by atoms with Gasteiger partial charge in [-0.05, 0) is 48.1 Å². The van der Waals surface area contributed by atoms with E-state index >= 15 is 0 Å². The number of benzene rings is 1. The number of carbonyl (C=O) groups excluding carboxylic acids is 2. The number of fused-ring (bicyclic) bond motifs is 1. The van der Waals surface area contributed by atoms with Crippen LogP contribution in [0.3, 0.4) is 0 Å². The third-order valence-electron chi connectivity index (χ3n) is 6.74. The number of methoxy groups -OCH3 is 1. The highest BCUT2D eigenvalue weighted by Gasteiger charge is 2.29. The van der Waals surface area contributed by atoms with Gasteiger partial charge in [0.2, 0.25) is 11.8 Å². The van der Waals surface area contributed by atoms with Crippen LogP contribution in [0.1, 0.15) is 40.0 Å². The molecule has 2 aromatic heterocycles. The first-order chi connectivity index (χ1) is 21.0. The number of aromatic nitrogens is 1. The van der Waals surface area contributed by atoms with E-state index < -0.39 is 24.1 Å². The molecule has 232 valence electrons. The highest BCUT2D eigenvalue weighted by atomic mass is 32.1. The van der Waals surface area contributed by atoms with E-state index in [9.17, 15) is 24.4 Å². The van der Waals surface area contributed by atoms with Gasteiger partial charge in [-0.25, -0.2) is 9.59 Å². The fourth-order valence-electron chi connectivity index (χ4n) is 4.40. The summed E-state index contributed by atoms with van der Waals surface area (Å²) in [7, 11) is 1.61. The molecule has 4 rings (SSSR count). The van der Waals surface area contributed by atoms with Gasteiger partial charge in [0.25, 0.3) is 0 Å². The molecule has 0 radical (unpaired) electrons. The van der Waals surface area contributed by atoms with Crippen molar-refractivity contribution in [2.24, 2.45) is 0 Å². The van der Waals surface area contributed by atoms with Crippen LogP contribution >= 0.6 is 11.3 Å². The number of aliphatic hydroxyl groups is 2. The molecule has 1 aliphatic rings. The van der Waals surface area contributed by atoms with Crippen molar-refractivity contribution < 1.29 is 44.3 Å². The predicted octanol–water partition coefficient (Wildman–Crippen LogP) is 1.99. The summed E-state index contributed by atoms with van der Waals surface area (Å²) in [5.74, 6) is -2.84.